The molecule has 0 saturated carbocycles. The molecule has 24 nitrogen and oxygen atoms in total. The van der Waals surface area contributed by atoms with E-state index in [1.807, 2.05) is 6.08 Å². The number of imidazole rings is 1. The summed E-state index contributed by atoms with van der Waals surface area (Å²) in [5.74, 6) is -1.12. The van der Waals surface area contributed by atoms with Crippen LogP contribution in [0.3, 0.4) is 0 Å². The van der Waals surface area contributed by atoms with Crippen molar-refractivity contribution in [3.05, 3.63) is 30.5 Å². The summed E-state index contributed by atoms with van der Waals surface area (Å²) in [6.07, 6.45) is 1.09. The van der Waals surface area contributed by atoms with Gasteiger partial charge >= 0.3 is 23.5 Å². The van der Waals surface area contributed by atoms with Gasteiger partial charge in [0.15, 0.2) is 22.8 Å². The Kier molecular flexibility index (Phi) is 19.5. The Hall–Kier alpha value is -2.92. The van der Waals surface area contributed by atoms with Crippen molar-refractivity contribution in [1.29, 1.82) is 0 Å². The number of rotatable bonds is 25. The average Bonchev–Trinajstić information content (AvgIpc) is 3.71. The van der Waals surface area contributed by atoms with Crippen molar-refractivity contribution < 1.29 is 80.5 Å². The summed E-state index contributed by atoms with van der Waals surface area (Å²) < 4.78 is 62.2. The largest absolute Gasteiger partial charge is 0.481 e. The highest BCUT2D eigenvalue weighted by atomic mass is 32.2. The lowest BCUT2D eigenvalue weighted by molar-refractivity contribution is -0.137. The number of anilines is 1. The van der Waals surface area contributed by atoms with E-state index in [2.05, 4.69) is 47.1 Å². The minimum atomic E-state index is -5.57. The molecule has 0 aromatic carbocycles. The van der Waals surface area contributed by atoms with E-state index in [9.17, 15) is 57.9 Å². The average molecular weight is 918 g/mol. The Morgan fingerprint density at radius 3 is 2.47 bits per heavy atom. The van der Waals surface area contributed by atoms with E-state index >= 15 is 0 Å². The van der Waals surface area contributed by atoms with Crippen LogP contribution < -0.4 is 16.4 Å². The fourth-order valence-electron chi connectivity index (χ4n) is 5.16. The SMILES string of the molecule is CCCCCC=C=CCC(=O)SCCNC(=O)CCNC(=O)[C@H](O)C(C)(C)COP(=O)(O)OP(=O)(O)OC[C@H]1O[C@H](n2cnc3c(N)ncnc32)[C@H](O)[C@@H]1OP(=O)(O)O. The zero-order valence-electron chi connectivity index (χ0n) is 32.3. The highest BCUT2D eigenvalue weighted by molar-refractivity contribution is 8.13. The number of aromatic nitrogens is 4. The number of hydrogen-bond acceptors (Lipinski definition) is 18. The van der Waals surface area contributed by atoms with E-state index in [1.165, 1.54) is 13.8 Å². The Balaban J connectivity index is 1.44. The van der Waals surface area contributed by atoms with Crippen LogP contribution in [0.15, 0.2) is 30.5 Å². The van der Waals surface area contributed by atoms with Crippen molar-refractivity contribution in [2.24, 2.45) is 5.41 Å². The predicted molar refractivity (Wildman–Crippen MR) is 209 cm³/mol. The third kappa shape index (κ3) is 16.8. The second kappa shape index (κ2) is 22.8. The minimum absolute atomic E-state index is 0.0301. The number of amides is 2. The molecular formula is C31H50N7O17P3S. The minimum Gasteiger partial charge on any atom is -0.386 e. The van der Waals surface area contributed by atoms with Crippen molar-refractivity contribution >= 4 is 69.1 Å². The number of allylic oxidation sites excluding steroid dienone is 1. The molecule has 1 saturated heterocycles. The van der Waals surface area contributed by atoms with Crippen molar-refractivity contribution in [3.63, 3.8) is 0 Å². The molecular weight excluding hydrogens is 867 g/mol. The number of ether oxygens (including phenoxy) is 1. The number of phosphoric ester groups is 3. The molecule has 0 bridgehead atoms. The van der Waals surface area contributed by atoms with Crippen molar-refractivity contribution in [2.75, 3.05) is 37.8 Å². The number of carbonyl (C=O) groups is 3. The molecule has 0 radical (unpaired) electrons. The smallest absolute Gasteiger partial charge is 0.386 e. The van der Waals surface area contributed by atoms with Gasteiger partial charge in [-0.25, -0.2) is 28.6 Å². The van der Waals surface area contributed by atoms with Gasteiger partial charge in [-0.05, 0) is 25.0 Å². The fourth-order valence-corrected chi connectivity index (χ4v) is 8.62. The molecule has 59 heavy (non-hydrogen) atoms. The number of unbranched alkanes of at least 4 members (excludes halogenated alkanes) is 3. The number of aliphatic hydroxyl groups is 2. The van der Waals surface area contributed by atoms with Crippen molar-refractivity contribution in [2.45, 2.75) is 89.9 Å². The number of phosphoric acid groups is 3. The quantitative estimate of drug-likeness (QED) is 0.0385. The van der Waals surface area contributed by atoms with Gasteiger partial charge in [0.2, 0.25) is 11.8 Å². The zero-order chi connectivity index (χ0) is 44.0. The van der Waals surface area contributed by atoms with Gasteiger partial charge in [0.1, 0.15) is 36.3 Å². The molecule has 0 aliphatic carbocycles. The normalized spacial score (nSPS) is 20.9. The first-order chi connectivity index (χ1) is 27.6. The Morgan fingerprint density at radius 1 is 1.07 bits per heavy atom. The molecule has 10 N–H and O–H groups in total. The van der Waals surface area contributed by atoms with Gasteiger partial charge in [-0.1, -0.05) is 45.4 Å². The van der Waals surface area contributed by atoms with Crippen LogP contribution in [0, 0.1) is 5.41 Å². The van der Waals surface area contributed by atoms with Crippen LogP contribution in [0.2, 0.25) is 0 Å². The molecule has 2 aromatic heterocycles. The van der Waals surface area contributed by atoms with Crippen LogP contribution in [0.5, 0.6) is 0 Å². The third-order valence-electron chi connectivity index (χ3n) is 8.22. The number of nitrogens with two attached hydrogens (primary N) is 1. The summed E-state index contributed by atoms with van der Waals surface area (Å²) in [5, 5.41) is 26.3. The molecule has 1 aliphatic rings. The number of thioether (sulfide) groups is 1. The fraction of sp³-hybridized carbons (Fsp3) is 0.645. The van der Waals surface area contributed by atoms with E-state index in [-0.39, 0.29) is 48.0 Å². The van der Waals surface area contributed by atoms with Gasteiger partial charge in [0.05, 0.1) is 19.5 Å². The van der Waals surface area contributed by atoms with E-state index in [4.69, 9.17) is 19.5 Å². The molecule has 7 atom stereocenters. The standard InChI is InChI=1S/C31H50N7O17P3S/c1-4-5-6-7-8-9-10-11-22(40)59-15-14-33-21(39)12-13-34-29(43)26(42)31(2,3)17-52-58(49,50)55-57(47,48)51-16-20-25(54-56(44,45)46)24(41)30(53-20)38-19-37-23-27(32)35-18-36-28(23)38/h8,10,18-20,24-26,30,41-42H,4-7,11-17H2,1-3H3,(H,33,39)(H,34,43)(H,47,48)(H,49,50)(H2,32,35,36)(H2,44,45,46)/t9?,20-,24-,25-,26+,30+/m1/s1. The van der Waals surface area contributed by atoms with Gasteiger partial charge in [-0.2, -0.15) is 4.31 Å². The molecule has 1 fully saturated rings. The van der Waals surface area contributed by atoms with Crippen LogP contribution in [0.25, 0.3) is 11.2 Å². The summed E-state index contributed by atoms with van der Waals surface area (Å²) in [6.45, 7) is 2.60. The number of carbonyl (C=O) groups excluding carboxylic acids is 3. The van der Waals surface area contributed by atoms with Gasteiger partial charge in [-0.3, -0.25) is 32.5 Å². The summed E-state index contributed by atoms with van der Waals surface area (Å²) in [5.41, 5.74) is 7.24. The third-order valence-corrected chi connectivity index (χ3v) is 12.2. The first-order valence-electron chi connectivity index (χ1n) is 18.0. The summed E-state index contributed by atoms with van der Waals surface area (Å²) in [4.78, 5) is 87.7. The molecule has 3 rings (SSSR count). The lowest BCUT2D eigenvalue weighted by atomic mass is 9.87. The van der Waals surface area contributed by atoms with E-state index < -0.39 is 84.6 Å². The maximum absolute atomic E-state index is 12.7. The number of nitrogen functional groups attached to an aromatic ring is 1. The highest BCUT2D eigenvalue weighted by Crippen LogP contribution is 2.61. The molecule has 28 heteroatoms. The number of aliphatic hydroxyl groups excluding tert-OH is 2. The predicted octanol–water partition coefficient (Wildman–Crippen LogP) is 1.35. The van der Waals surface area contributed by atoms with E-state index in [1.54, 1.807) is 6.08 Å². The van der Waals surface area contributed by atoms with Crippen molar-refractivity contribution in [3.8, 4) is 0 Å². The molecule has 2 unspecified atom stereocenters. The van der Waals surface area contributed by atoms with Gasteiger partial charge in [-0.15, -0.1) is 5.73 Å². The monoisotopic (exact) mass is 917 g/mol. The van der Waals surface area contributed by atoms with Crippen LogP contribution in [0.1, 0.15) is 65.5 Å². The first-order valence-corrected chi connectivity index (χ1v) is 23.5. The second-order valence-electron chi connectivity index (χ2n) is 13.6. The number of hydrogen-bond donors (Lipinski definition) is 9. The number of fused-ring (bicyclic) bond motifs is 1. The van der Waals surface area contributed by atoms with Crippen molar-refractivity contribution in [1.82, 2.24) is 30.2 Å². The molecule has 2 aromatic rings. The van der Waals surface area contributed by atoms with Crippen LogP contribution >= 0.6 is 35.2 Å². The second-order valence-corrected chi connectivity index (χ2v) is 19.0. The summed E-state index contributed by atoms with van der Waals surface area (Å²) in [7, 11) is -16.4. The van der Waals surface area contributed by atoms with E-state index in [0.717, 1.165) is 54.7 Å². The van der Waals surface area contributed by atoms with Gasteiger partial charge in [0.25, 0.3) is 0 Å². The topological polar surface area (TPSA) is 364 Å². The lowest BCUT2D eigenvalue weighted by Gasteiger charge is -2.30. The zero-order valence-corrected chi connectivity index (χ0v) is 35.8. The molecule has 0 spiro atoms. The highest BCUT2D eigenvalue weighted by Gasteiger charge is 2.50. The molecule has 2 amide bonds. The van der Waals surface area contributed by atoms with Crippen LogP contribution in [0.4, 0.5) is 5.82 Å². The maximum Gasteiger partial charge on any atom is 0.481 e. The Bertz CT molecular complexity index is 1960. The van der Waals surface area contributed by atoms with Gasteiger partial charge < -0.3 is 50.9 Å². The molecule has 332 valence electrons. The van der Waals surface area contributed by atoms with Crippen LogP contribution in [-0.2, 0) is 50.7 Å². The first kappa shape index (κ1) is 50.4. The maximum atomic E-state index is 12.7. The number of nitrogens with one attached hydrogen (secondary N) is 2. The Labute approximate surface area is 342 Å². The van der Waals surface area contributed by atoms with Gasteiger partial charge in [0, 0.05) is 37.1 Å². The van der Waals surface area contributed by atoms with Crippen LogP contribution in [-0.4, -0.2) is 123 Å². The number of nitrogens with zero attached hydrogens (tertiary/aromatic N) is 4. The molecule has 1 aliphatic heterocycles. The summed E-state index contributed by atoms with van der Waals surface area (Å²) >= 11 is 1.06. The lowest BCUT2D eigenvalue weighted by Crippen LogP contribution is -2.46. The summed E-state index contributed by atoms with van der Waals surface area (Å²) in [6, 6.07) is 0. The van der Waals surface area contributed by atoms with E-state index in [0.29, 0.717) is 5.75 Å². The molecule has 3 heterocycles. The Morgan fingerprint density at radius 2 is 1.78 bits per heavy atom.